The highest BCUT2D eigenvalue weighted by Gasteiger charge is 2.17. The first kappa shape index (κ1) is 16.6. The van der Waals surface area contributed by atoms with Gasteiger partial charge in [0.2, 0.25) is 0 Å². The Bertz CT molecular complexity index is 595. The van der Waals surface area contributed by atoms with Gasteiger partial charge in [-0.1, -0.05) is 25.6 Å². The lowest BCUT2D eigenvalue weighted by atomic mass is 10.2. The van der Waals surface area contributed by atoms with Gasteiger partial charge in [0.15, 0.2) is 0 Å². The van der Waals surface area contributed by atoms with Crippen LogP contribution in [0.2, 0.25) is 0 Å². The van der Waals surface area contributed by atoms with Gasteiger partial charge < -0.3 is 15.1 Å². The second-order valence-corrected chi connectivity index (χ2v) is 6.46. The van der Waals surface area contributed by atoms with E-state index in [1.54, 1.807) is 0 Å². The quantitative estimate of drug-likeness (QED) is 0.712. The summed E-state index contributed by atoms with van der Waals surface area (Å²) in [5.74, 6) is 0. The highest BCUT2D eigenvalue weighted by molar-refractivity contribution is 7.99. The van der Waals surface area contributed by atoms with Gasteiger partial charge in [0.1, 0.15) is 0 Å². The van der Waals surface area contributed by atoms with E-state index < -0.39 is 0 Å². The van der Waals surface area contributed by atoms with Crippen molar-refractivity contribution in [3.8, 4) is 0 Å². The highest BCUT2D eigenvalue weighted by atomic mass is 32.2. The van der Waals surface area contributed by atoms with Gasteiger partial charge in [0, 0.05) is 49.4 Å². The minimum atomic E-state index is 1.19. The zero-order valence-electron chi connectivity index (χ0n) is 14.3. The zero-order chi connectivity index (χ0) is 16.3. The van der Waals surface area contributed by atoms with E-state index in [1.165, 1.54) is 32.5 Å². The van der Waals surface area contributed by atoms with Crippen LogP contribution in [0.1, 0.15) is 13.8 Å². The number of nitrogens with one attached hydrogen (secondary N) is 1. The molecule has 22 heavy (non-hydrogen) atoms. The van der Waals surface area contributed by atoms with E-state index in [4.69, 9.17) is 0 Å². The highest BCUT2D eigenvalue weighted by Crippen LogP contribution is 2.46. The fourth-order valence-electron chi connectivity index (χ4n) is 2.22. The van der Waals surface area contributed by atoms with Crippen molar-refractivity contribution < 1.29 is 0 Å². The Balaban J connectivity index is 0.000000847. The lowest BCUT2D eigenvalue weighted by Gasteiger charge is -2.24. The molecule has 0 radical (unpaired) electrons. The number of fused-ring (bicyclic) bond motifs is 2. The second-order valence-electron chi connectivity index (χ2n) is 5.38. The second kappa shape index (κ2) is 6.97. The van der Waals surface area contributed by atoms with E-state index in [-0.39, 0.29) is 0 Å². The zero-order valence-corrected chi connectivity index (χ0v) is 15.1. The normalized spacial score (nSPS) is 11.4. The molecule has 3 rings (SSSR count). The molecule has 1 heterocycles. The molecule has 3 nitrogen and oxygen atoms in total. The summed E-state index contributed by atoms with van der Waals surface area (Å²) < 4.78 is 0. The number of benzene rings is 2. The van der Waals surface area contributed by atoms with Gasteiger partial charge in [-0.05, 0) is 36.4 Å². The van der Waals surface area contributed by atoms with E-state index in [2.05, 4.69) is 79.7 Å². The van der Waals surface area contributed by atoms with Crippen LogP contribution in [0.4, 0.5) is 22.7 Å². The van der Waals surface area contributed by atoms with Crippen LogP contribution < -0.4 is 15.1 Å². The van der Waals surface area contributed by atoms with E-state index in [0.717, 1.165) is 0 Å². The van der Waals surface area contributed by atoms with Gasteiger partial charge in [0.25, 0.3) is 0 Å². The van der Waals surface area contributed by atoms with Gasteiger partial charge >= 0.3 is 0 Å². The first-order valence-electron chi connectivity index (χ1n) is 7.62. The van der Waals surface area contributed by atoms with E-state index in [1.807, 2.05) is 25.6 Å². The maximum atomic E-state index is 3.51. The largest absolute Gasteiger partial charge is 0.378 e. The third-order valence-corrected chi connectivity index (χ3v) is 4.57. The van der Waals surface area contributed by atoms with Crippen LogP contribution in [0, 0.1) is 0 Å². The van der Waals surface area contributed by atoms with Crippen molar-refractivity contribution in [2.75, 3.05) is 43.3 Å². The van der Waals surface area contributed by atoms with Gasteiger partial charge in [-0.15, -0.1) is 0 Å². The molecule has 118 valence electrons. The van der Waals surface area contributed by atoms with E-state index >= 15 is 0 Å². The van der Waals surface area contributed by atoms with Crippen molar-refractivity contribution in [2.24, 2.45) is 0 Å². The molecular formula is C18H25N3S. The molecule has 0 saturated heterocycles. The van der Waals surface area contributed by atoms with Gasteiger partial charge in [-0.2, -0.15) is 0 Å². The molecule has 0 aromatic heterocycles. The molecule has 0 fully saturated rings. The van der Waals surface area contributed by atoms with Gasteiger partial charge in [-0.25, -0.2) is 0 Å². The molecule has 1 aliphatic rings. The Morgan fingerprint density at radius 1 is 0.727 bits per heavy atom. The van der Waals surface area contributed by atoms with Crippen molar-refractivity contribution in [1.82, 2.24) is 0 Å². The molecular weight excluding hydrogens is 290 g/mol. The molecule has 0 saturated carbocycles. The number of hydrogen-bond acceptors (Lipinski definition) is 4. The monoisotopic (exact) mass is 315 g/mol. The summed E-state index contributed by atoms with van der Waals surface area (Å²) >= 11 is 1.83. The third kappa shape index (κ3) is 3.33. The third-order valence-electron chi connectivity index (χ3n) is 3.45. The average Bonchev–Trinajstić information content (AvgIpc) is 2.53. The Hall–Kier alpha value is -1.81. The van der Waals surface area contributed by atoms with Crippen LogP contribution in [0.25, 0.3) is 0 Å². The van der Waals surface area contributed by atoms with Crippen LogP contribution in [0.15, 0.2) is 46.2 Å². The lowest BCUT2D eigenvalue weighted by Crippen LogP contribution is -2.10. The van der Waals surface area contributed by atoms with Crippen molar-refractivity contribution in [2.45, 2.75) is 23.6 Å². The number of nitrogens with zero attached hydrogens (tertiary/aromatic N) is 2. The summed E-state index contributed by atoms with van der Waals surface area (Å²) in [7, 11) is 8.28. The molecule has 0 bridgehead atoms. The minimum Gasteiger partial charge on any atom is -0.378 e. The number of hydrogen-bond donors (Lipinski definition) is 1. The van der Waals surface area contributed by atoms with Crippen LogP contribution >= 0.6 is 11.8 Å². The van der Waals surface area contributed by atoms with Crippen molar-refractivity contribution in [3.05, 3.63) is 36.4 Å². The molecule has 4 heteroatoms. The van der Waals surface area contributed by atoms with E-state index in [0.29, 0.717) is 0 Å². The predicted octanol–water partition coefficient (Wildman–Crippen LogP) is 5.05. The summed E-state index contributed by atoms with van der Waals surface area (Å²) in [5.41, 5.74) is 4.83. The minimum absolute atomic E-state index is 1.19. The summed E-state index contributed by atoms with van der Waals surface area (Å²) in [5, 5.41) is 3.51. The van der Waals surface area contributed by atoms with Crippen LogP contribution in [-0.4, -0.2) is 28.2 Å². The summed E-state index contributed by atoms with van der Waals surface area (Å²) in [6.45, 7) is 4.00. The Morgan fingerprint density at radius 3 is 1.50 bits per heavy atom. The predicted molar refractivity (Wildman–Crippen MR) is 100 cm³/mol. The SMILES string of the molecule is CC.CN(C)c1ccc2c(c1)Sc1cc(N(C)C)ccc1N2. The van der Waals surface area contributed by atoms with E-state index in [9.17, 15) is 0 Å². The molecule has 0 aliphatic carbocycles. The van der Waals surface area contributed by atoms with Crippen LogP contribution in [-0.2, 0) is 0 Å². The lowest BCUT2D eigenvalue weighted by molar-refractivity contribution is 1.11. The molecule has 2 aromatic rings. The first-order chi connectivity index (χ1) is 10.5. The summed E-state index contributed by atoms with van der Waals surface area (Å²) in [6.07, 6.45) is 0. The Kier molecular flexibility index (Phi) is 5.24. The fraction of sp³-hybridized carbons (Fsp3) is 0.333. The molecule has 0 unspecified atom stereocenters. The Labute approximate surface area is 138 Å². The van der Waals surface area contributed by atoms with Crippen LogP contribution in [0.5, 0.6) is 0 Å². The maximum absolute atomic E-state index is 3.51. The van der Waals surface area contributed by atoms with Crippen molar-refractivity contribution in [1.29, 1.82) is 0 Å². The molecule has 0 spiro atoms. The summed E-state index contributed by atoms with van der Waals surface area (Å²) in [6, 6.07) is 13.1. The van der Waals surface area contributed by atoms with Crippen LogP contribution in [0.3, 0.4) is 0 Å². The fourth-order valence-corrected chi connectivity index (χ4v) is 3.27. The Morgan fingerprint density at radius 2 is 1.14 bits per heavy atom. The standard InChI is InChI=1S/C16H19N3S.C2H6/c1-18(2)11-5-7-13-15(9-11)20-16-10-12(19(3)4)6-8-14(16)17-13;1-2/h5-10,17H,1-4H3;1-2H3. The smallest absolute Gasteiger partial charge is 0.0527 e. The molecule has 0 atom stereocenters. The average molecular weight is 315 g/mol. The van der Waals surface area contributed by atoms with Crippen molar-refractivity contribution >= 4 is 34.5 Å². The summed E-state index contributed by atoms with van der Waals surface area (Å²) in [4.78, 5) is 6.82. The molecule has 0 amide bonds. The molecule has 1 N–H and O–H groups in total. The van der Waals surface area contributed by atoms with Gasteiger partial charge in [0.05, 0.1) is 11.4 Å². The van der Waals surface area contributed by atoms with Gasteiger partial charge in [-0.3, -0.25) is 0 Å². The topological polar surface area (TPSA) is 18.5 Å². The maximum Gasteiger partial charge on any atom is 0.0527 e. The first-order valence-corrected chi connectivity index (χ1v) is 8.44. The number of anilines is 4. The van der Waals surface area contributed by atoms with Crippen molar-refractivity contribution in [3.63, 3.8) is 0 Å². The molecule has 2 aromatic carbocycles. The molecule has 1 aliphatic heterocycles. The number of rotatable bonds is 2.